The third kappa shape index (κ3) is 3.46. The van der Waals surface area contributed by atoms with Crippen molar-refractivity contribution >= 4 is 5.69 Å². The van der Waals surface area contributed by atoms with Gasteiger partial charge in [0.1, 0.15) is 12.4 Å². The summed E-state index contributed by atoms with van der Waals surface area (Å²) in [5.74, 6) is 0.386. The fraction of sp³-hybridized carbons (Fsp3) is 0.571. The Bertz CT molecular complexity index is 482. The molecule has 0 radical (unpaired) electrons. The Morgan fingerprint density at radius 3 is 2.60 bits per heavy atom. The van der Waals surface area contributed by atoms with E-state index < -0.39 is 10.5 Å². The fourth-order valence-corrected chi connectivity index (χ4v) is 2.51. The summed E-state index contributed by atoms with van der Waals surface area (Å²) >= 11 is 0. The third-order valence-corrected chi connectivity index (χ3v) is 3.71. The highest BCUT2D eigenvalue weighted by Crippen LogP contribution is 2.30. The van der Waals surface area contributed by atoms with Gasteiger partial charge in [-0.05, 0) is 18.9 Å². The van der Waals surface area contributed by atoms with Crippen LogP contribution in [0.3, 0.4) is 0 Å². The molecule has 1 aliphatic carbocycles. The van der Waals surface area contributed by atoms with E-state index in [4.69, 9.17) is 4.74 Å². The van der Waals surface area contributed by atoms with Gasteiger partial charge in [-0.2, -0.15) is 0 Å². The molecule has 0 aliphatic heterocycles. The largest absolute Gasteiger partial charge is 0.490 e. The smallest absolute Gasteiger partial charge is 0.270 e. The maximum Gasteiger partial charge on any atom is 0.270 e. The van der Waals surface area contributed by atoms with Gasteiger partial charge in [-0.25, -0.2) is 0 Å². The lowest BCUT2D eigenvalue weighted by Crippen LogP contribution is -2.38. The summed E-state index contributed by atoms with van der Waals surface area (Å²) in [6.45, 7) is -0.187. The van der Waals surface area contributed by atoms with Gasteiger partial charge in [0, 0.05) is 17.7 Å². The molecule has 0 spiro atoms. The molecule has 6 nitrogen and oxygen atoms in total. The van der Waals surface area contributed by atoms with Gasteiger partial charge in [-0.1, -0.05) is 19.3 Å². The number of non-ortho nitro benzene ring substituents is 1. The molecule has 0 saturated heterocycles. The summed E-state index contributed by atoms with van der Waals surface area (Å²) in [6.07, 6.45) is 4.49. The summed E-state index contributed by atoms with van der Waals surface area (Å²) < 4.78 is 5.57. The van der Waals surface area contributed by atoms with E-state index in [9.17, 15) is 20.3 Å². The van der Waals surface area contributed by atoms with Crippen molar-refractivity contribution in [1.82, 2.24) is 0 Å². The summed E-state index contributed by atoms with van der Waals surface area (Å²) in [4.78, 5) is 10.2. The van der Waals surface area contributed by atoms with Crippen molar-refractivity contribution in [3.05, 3.63) is 33.9 Å². The highest BCUT2D eigenvalue weighted by Gasteiger charge is 2.30. The maximum atomic E-state index is 10.7. The predicted molar refractivity (Wildman–Crippen MR) is 72.5 cm³/mol. The number of hydrogen-bond donors (Lipinski definition) is 2. The van der Waals surface area contributed by atoms with Crippen molar-refractivity contribution in [1.29, 1.82) is 0 Å². The number of nitro benzene ring substituents is 1. The van der Waals surface area contributed by atoms with E-state index in [0.717, 1.165) is 19.3 Å². The Labute approximate surface area is 117 Å². The first-order chi connectivity index (χ1) is 9.54. The number of rotatable bonds is 5. The molecule has 0 unspecified atom stereocenters. The minimum absolute atomic E-state index is 0.0854. The van der Waals surface area contributed by atoms with Crippen LogP contribution in [0.5, 0.6) is 5.75 Å². The molecular weight excluding hydrogens is 262 g/mol. The number of nitrogens with zero attached hydrogens (tertiary/aromatic N) is 1. The van der Waals surface area contributed by atoms with Gasteiger partial charge in [0.2, 0.25) is 0 Å². The van der Waals surface area contributed by atoms with E-state index in [1.807, 2.05) is 0 Å². The molecule has 2 N–H and O–H groups in total. The van der Waals surface area contributed by atoms with Gasteiger partial charge < -0.3 is 14.9 Å². The molecule has 0 atom stereocenters. The van der Waals surface area contributed by atoms with Gasteiger partial charge >= 0.3 is 0 Å². The minimum atomic E-state index is -0.827. The van der Waals surface area contributed by atoms with Crippen LogP contribution in [0.1, 0.15) is 37.7 Å². The summed E-state index contributed by atoms with van der Waals surface area (Å²) in [5, 5.41) is 30.3. The average Bonchev–Trinajstić information content (AvgIpc) is 2.45. The molecule has 1 fully saturated rings. The second-order valence-corrected chi connectivity index (χ2v) is 5.28. The minimum Gasteiger partial charge on any atom is -0.490 e. The summed E-state index contributed by atoms with van der Waals surface area (Å²) in [5.41, 5.74) is -0.552. The number of ether oxygens (including phenoxy) is 1. The van der Waals surface area contributed by atoms with E-state index >= 15 is 0 Å². The molecule has 2 rings (SSSR count). The number of aliphatic hydroxyl groups is 2. The van der Waals surface area contributed by atoms with Gasteiger partial charge in [-0.15, -0.1) is 0 Å². The molecule has 1 saturated carbocycles. The molecule has 6 heteroatoms. The first-order valence-electron chi connectivity index (χ1n) is 6.77. The Balaban J connectivity index is 2.07. The molecule has 0 amide bonds. The van der Waals surface area contributed by atoms with Gasteiger partial charge in [0.05, 0.1) is 17.1 Å². The maximum absolute atomic E-state index is 10.7. The molecule has 20 heavy (non-hydrogen) atoms. The van der Waals surface area contributed by atoms with Crippen molar-refractivity contribution in [2.75, 3.05) is 6.61 Å². The van der Waals surface area contributed by atoms with E-state index in [-0.39, 0.29) is 18.9 Å². The molecule has 1 aliphatic rings. The molecule has 0 aromatic heterocycles. The second-order valence-electron chi connectivity index (χ2n) is 5.28. The predicted octanol–water partition coefficient (Wildman–Crippen LogP) is 2.16. The lowest BCUT2D eigenvalue weighted by molar-refractivity contribution is -0.385. The monoisotopic (exact) mass is 281 g/mol. The lowest BCUT2D eigenvalue weighted by atomic mass is 9.85. The Kier molecular flexibility index (Phi) is 4.57. The highest BCUT2D eigenvalue weighted by molar-refractivity contribution is 5.43. The van der Waals surface area contributed by atoms with E-state index in [2.05, 4.69) is 0 Å². The van der Waals surface area contributed by atoms with E-state index in [1.54, 1.807) is 0 Å². The van der Waals surface area contributed by atoms with Gasteiger partial charge in [-0.3, -0.25) is 10.1 Å². The average molecular weight is 281 g/mol. The van der Waals surface area contributed by atoms with E-state index in [1.165, 1.54) is 18.2 Å². The fourth-order valence-electron chi connectivity index (χ4n) is 2.51. The van der Waals surface area contributed by atoms with Crippen LogP contribution < -0.4 is 4.74 Å². The highest BCUT2D eigenvalue weighted by atomic mass is 16.6. The topological polar surface area (TPSA) is 92.8 Å². The zero-order chi connectivity index (χ0) is 14.6. The number of hydrogen-bond acceptors (Lipinski definition) is 5. The van der Waals surface area contributed by atoms with Gasteiger partial charge in [0.15, 0.2) is 0 Å². The first kappa shape index (κ1) is 14.7. The Morgan fingerprint density at radius 2 is 2.00 bits per heavy atom. The Morgan fingerprint density at radius 1 is 1.30 bits per heavy atom. The molecule has 1 aromatic rings. The quantitative estimate of drug-likeness (QED) is 0.637. The molecule has 0 bridgehead atoms. The second kappa shape index (κ2) is 6.19. The van der Waals surface area contributed by atoms with Crippen LogP contribution >= 0.6 is 0 Å². The van der Waals surface area contributed by atoms with Crippen molar-refractivity contribution in [3.8, 4) is 5.75 Å². The van der Waals surface area contributed by atoms with Crippen molar-refractivity contribution in [2.45, 2.75) is 44.3 Å². The van der Waals surface area contributed by atoms with Crippen LogP contribution in [0.15, 0.2) is 18.2 Å². The number of benzene rings is 1. The van der Waals surface area contributed by atoms with Crippen LogP contribution in [0.2, 0.25) is 0 Å². The molecular formula is C14H19NO5. The zero-order valence-corrected chi connectivity index (χ0v) is 11.2. The number of aliphatic hydroxyl groups excluding tert-OH is 1. The van der Waals surface area contributed by atoms with Crippen LogP contribution in [-0.4, -0.2) is 27.3 Å². The van der Waals surface area contributed by atoms with E-state index in [0.29, 0.717) is 24.2 Å². The van der Waals surface area contributed by atoms with Crippen LogP contribution in [0, 0.1) is 10.1 Å². The molecule has 0 heterocycles. The van der Waals surface area contributed by atoms with Gasteiger partial charge in [0.25, 0.3) is 5.69 Å². The van der Waals surface area contributed by atoms with Crippen molar-refractivity contribution in [2.24, 2.45) is 0 Å². The van der Waals surface area contributed by atoms with Crippen LogP contribution in [0.4, 0.5) is 5.69 Å². The number of nitro groups is 1. The van der Waals surface area contributed by atoms with Crippen LogP contribution in [0.25, 0.3) is 0 Å². The Hall–Kier alpha value is -1.66. The van der Waals surface area contributed by atoms with Crippen molar-refractivity contribution < 1.29 is 19.9 Å². The SMILES string of the molecule is O=[N+]([O-])c1ccc(OCC2(O)CCCCC2)c(CO)c1. The normalized spacial score (nSPS) is 17.7. The van der Waals surface area contributed by atoms with Crippen molar-refractivity contribution in [3.63, 3.8) is 0 Å². The van der Waals surface area contributed by atoms with Crippen LogP contribution in [-0.2, 0) is 6.61 Å². The third-order valence-electron chi connectivity index (χ3n) is 3.71. The summed E-state index contributed by atoms with van der Waals surface area (Å²) in [7, 11) is 0. The molecule has 1 aromatic carbocycles. The standard InChI is InChI=1S/C14H19NO5/c16-9-11-8-12(15(18)19)4-5-13(11)20-10-14(17)6-2-1-3-7-14/h4-5,8,16-17H,1-3,6-7,9-10H2. The lowest BCUT2D eigenvalue weighted by Gasteiger charge is -2.31. The first-order valence-corrected chi connectivity index (χ1v) is 6.77. The zero-order valence-electron chi connectivity index (χ0n) is 11.2. The summed E-state index contributed by atoms with van der Waals surface area (Å²) in [6, 6.07) is 4.09. The molecule has 110 valence electrons.